The summed E-state index contributed by atoms with van der Waals surface area (Å²) in [5.41, 5.74) is 0.0445. The second kappa shape index (κ2) is 5.49. The van der Waals surface area contributed by atoms with E-state index in [0.29, 0.717) is 5.75 Å². The molecule has 2 aromatic rings. The van der Waals surface area contributed by atoms with Crippen LogP contribution in [0.3, 0.4) is 0 Å². The van der Waals surface area contributed by atoms with Crippen LogP contribution in [0.5, 0.6) is 10.8 Å². The molecule has 0 saturated carbocycles. The van der Waals surface area contributed by atoms with Gasteiger partial charge in [-0.3, -0.25) is 10.1 Å². The maximum absolute atomic E-state index is 11.5. The number of nitrogens with zero attached hydrogens (tertiary/aromatic N) is 1. The van der Waals surface area contributed by atoms with Crippen LogP contribution in [0, 0.1) is 10.1 Å². The molecule has 0 fully saturated rings. The Kier molecular flexibility index (Phi) is 3.76. The third-order valence-corrected chi connectivity index (χ3v) is 3.19. The highest BCUT2D eigenvalue weighted by Crippen LogP contribution is 2.38. The Morgan fingerprint density at radius 3 is 2.58 bits per heavy atom. The number of esters is 1. The van der Waals surface area contributed by atoms with Gasteiger partial charge >= 0.3 is 11.0 Å². The molecule has 1 aromatic carbocycles. The number of carbonyl (C=O) groups excluding carboxylic acids is 1. The summed E-state index contributed by atoms with van der Waals surface area (Å²) in [6.07, 6.45) is 0. The maximum atomic E-state index is 11.5. The van der Waals surface area contributed by atoms with E-state index in [4.69, 9.17) is 4.74 Å². The lowest BCUT2D eigenvalue weighted by Gasteiger charge is -2.04. The molecule has 0 saturated heterocycles. The van der Waals surface area contributed by atoms with E-state index in [9.17, 15) is 14.9 Å². The van der Waals surface area contributed by atoms with Crippen LogP contribution in [0.1, 0.15) is 10.4 Å². The molecular formula is C12H9NO5S. The van der Waals surface area contributed by atoms with Crippen molar-refractivity contribution < 1.29 is 19.2 Å². The summed E-state index contributed by atoms with van der Waals surface area (Å²) in [5.74, 6) is -0.181. The molecule has 0 N–H and O–H groups in total. The Balaban J connectivity index is 2.37. The topological polar surface area (TPSA) is 78.7 Å². The van der Waals surface area contributed by atoms with Crippen LogP contribution in [0.15, 0.2) is 36.4 Å². The van der Waals surface area contributed by atoms with Gasteiger partial charge in [-0.2, -0.15) is 0 Å². The molecule has 0 amide bonds. The minimum Gasteiger partial charge on any atom is -0.465 e. The molecule has 19 heavy (non-hydrogen) atoms. The first-order chi connectivity index (χ1) is 9.11. The predicted octanol–water partition coefficient (Wildman–Crippen LogP) is 3.24. The first-order valence-corrected chi connectivity index (χ1v) is 6.03. The zero-order valence-electron chi connectivity index (χ0n) is 9.86. The molecule has 0 bridgehead atoms. The lowest BCUT2D eigenvalue weighted by molar-refractivity contribution is -0.380. The van der Waals surface area contributed by atoms with Crippen molar-refractivity contribution in [2.75, 3.05) is 7.11 Å². The molecule has 1 heterocycles. The Hall–Kier alpha value is -2.41. The standard InChI is InChI=1S/C12H9NO5S/c1-17-11(14)9-7-10(13(15)16)19-12(9)18-8-5-3-2-4-6-8/h2-7H,1H3. The van der Waals surface area contributed by atoms with Crippen molar-refractivity contribution in [2.45, 2.75) is 0 Å². The number of benzene rings is 1. The van der Waals surface area contributed by atoms with Crippen LogP contribution in [-0.2, 0) is 4.74 Å². The number of hydrogen-bond donors (Lipinski definition) is 0. The fourth-order valence-electron chi connectivity index (χ4n) is 1.38. The van der Waals surface area contributed by atoms with E-state index in [1.54, 1.807) is 24.3 Å². The molecular weight excluding hydrogens is 270 g/mol. The maximum Gasteiger partial charge on any atom is 0.342 e. The second-order valence-electron chi connectivity index (χ2n) is 3.45. The molecule has 0 aliphatic heterocycles. The summed E-state index contributed by atoms with van der Waals surface area (Å²) in [5, 5.41) is 10.7. The van der Waals surface area contributed by atoms with Gasteiger partial charge in [-0.05, 0) is 23.5 Å². The molecule has 0 aliphatic rings. The van der Waals surface area contributed by atoms with Crippen LogP contribution in [0.4, 0.5) is 5.00 Å². The zero-order valence-corrected chi connectivity index (χ0v) is 10.7. The predicted molar refractivity (Wildman–Crippen MR) is 68.8 cm³/mol. The second-order valence-corrected chi connectivity index (χ2v) is 4.44. The first-order valence-electron chi connectivity index (χ1n) is 5.21. The molecule has 7 heteroatoms. The van der Waals surface area contributed by atoms with Crippen LogP contribution in [0.25, 0.3) is 0 Å². The van der Waals surface area contributed by atoms with Crippen LogP contribution in [-0.4, -0.2) is 18.0 Å². The number of carbonyl (C=O) groups is 1. The van der Waals surface area contributed by atoms with E-state index >= 15 is 0 Å². The van der Waals surface area contributed by atoms with Crippen molar-refractivity contribution in [1.82, 2.24) is 0 Å². The van der Waals surface area contributed by atoms with E-state index in [1.807, 2.05) is 6.07 Å². The third kappa shape index (κ3) is 2.89. The third-order valence-electron chi connectivity index (χ3n) is 2.22. The van der Waals surface area contributed by atoms with Crippen molar-refractivity contribution in [1.29, 1.82) is 0 Å². The SMILES string of the molecule is COC(=O)c1cc([N+](=O)[O-])sc1Oc1ccccc1. The van der Waals surface area contributed by atoms with Crippen molar-refractivity contribution in [3.05, 3.63) is 52.1 Å². The average molecular weight is 279 g/mol. The fraction of sp³-hybridized carbons (Fsp3) is 0.0833. The molecule has 6 nitrogen and oxygen atoms in total. The molecule has 0 spiro atoms. The number of rotatable bonds is 4. The molecule has 98 valence electrons. The van der Waals surface area contributed by atoms with Crippen LogP contribution in [0.2, 0.25) is 0 Å². The molecule has 0 unspecified atom stereocenters. The summed E-state index contributed by atoms with van der Waals surface area (Å²) < 4.78 is 10.0. The lowest BCUT2D eigenvalue weighted by Crippen LogP contribution is -2.01. The Morgan fingerprint density at radius 1 is 1.32 bits per heavy atom. The molecule has 2 rings (SSSR count). The quantitative estimate of drug-likeness (QED) is 0.487. The number of ether oxygens (including phenoxy) is 2. The summed E-state index contributed by atoms with van der Waals surface area (Å²) in [6.45, 7) is 0. The van der Waals surface area contributed by atoms with E-state index < -0.39 is 10.9 Å². The lowest BCUT2D eigenvalue weighted by atomic mass is 10.3. The van der Waals surface area contributed by atoms with Crippen molar-refractivity contribution in [2.24, 2.45) is 0 Å². The van der Waals surface area contributed by atoms with Gasteiger partial charge in [0.1, 0.15) is 11.3 Å². The summed E-state index contributed by atoms with van der Waals surface area (Å²) in [6, 6.07) is 9.85. The van der Waals surface area contributed by atoms with Gasteiger partial charge < -0.3 is 9.47 Å². The van der Waals surface area contributed by atoms with E-state index in [-0.39, 0.29) is 15.6 Å². The van der Waals surface area contributed by atoms with Gasteiger partial charge in [0, 0.05) is 6.07 Å². The molecule has 0 radical (unpaired) electrons. The number of hydrogen-bond acceptors (Lipinski definition) is 6. The summed E-state index contributed by atoms with van der Waals surface area (Å²) in [7, 11) is 1.21. The van der Waals surface area contributed by atoms with Crippen LogP contribution >= 0.6 is 11.3 Å². The number of thiophene rings is 1. The van der Waals surface area contributed by atoms with E-state index in [0.717, 1.165) is 17.4 Å². The number of methoxy groups -OCH3 is 1. The van der Waals surface area contributed by atoms with E-state index in [1.165, 1.54) is 7.11 Å². The molecule has 0 atom stereocenters. The highest BCUT2D eigenvalue weighted by Gasteiger charge is 2.24. The number of nitro groups is 1. The van der Waals surface area contributed by atoms with Crippen molar-refractivity contribution in [3.8, 4) is 10.8 Å². The zero-order chi connectivity index (χ0) is 13.8. The van der Waals surface area contributed by atoms with Gasteiger partial charge in [-0.25, -0.2) is 4.79 Å². The van der Waals surface area contributed by atoms with Gasteiger partial charge in [0.05, 0.1) is 12.0 Å². The van der Waals surface area contributed by atoms with E-state index in [2.05, 4.69) is 4.74 Å². The molecule has 0 aliphatic carbocycles. The number of para-hydroxylation sites is 1. The van der Waals surface area contributed by atoms with Crippen molar-refractivity contribution in [3.63, 3.8) is 0 Å². The summed E-state index contributed by atoms with van der Waals surface area (Å²) in [4.78, 5) is 21.7. The summed E-state index contributed by atoms with van der Waals surface area (Å²) >= 11 is 0.784. The monoisotopic (exact) mass is 279 g/mol. The Bertz CT molecular complexity index is 608. The Labute approximate surface area is 112 Å². The van der Waals surface area contributed by atoms with Crippen molar-refractivity contribution >= 4 is 22.3 Å². The minimum absolute atomic E-state index is 0.0445. The largest absolute Gasteiger partial charge is 0.465 e. The van der Waals surface area contributed by atoms with Gasteiger partial charge in [0.25, 0.3) is 0 Å². The fourth-order valence-corrected chi connectivity index (χ4v) is 2.21. The normalized spacial score (nSPS) is 9.95. The minimum atomic E-state index is -0.671. The highest BCUT2D eigenvalue weighted by atomic mass is 32.1. The smallest absolute Gasteiger partial charge is 0.342 e. The van der Waals surface area contributed by atoms with Crippen LogP contribution < -0.4 is 4.74 Å². The van der Waals surface area contributed by atoms with Gasteiger partial charge in [0.15, 0.2) is 0 Å². The van der Waals surface area contributed by atoms with Gasteiger partial charge in [-0.15, -0.1) is 0 Å². The highest BCUT2D eigenvalue weighted by molar-refractivity contribution is 7.17. The van der Waals surface area contributed by atoms with Gasteiger partial charge in [-0.1, -0.05) is 18.2 Å². The molecule has 1 aromatic heterocycles. The first kappa shape index (κ1) is 13.0. The Morgan fingerprint density at radius 2 is 2.00 bits per heavy atom. The van der Waals surface area contributed by atoms with Gasteiger partial charge in [0.2, 0.25) is 5.06 Å². The average Bonchev–Trinajstić information content (AvgIpc) is 2.83.